The molecule has 0 radical (unpaired) electrons. The van der Waals surface area contributed by atoms with E-state index in [1.54, 1.807) is 6.92 Å². The number of amides is 1. The van der Waals surface area contributed by atoms with Crippen molar-refractivity contribution in [2.45, 2.75) is 25.3 Å². The Morgan fingerprint density at radius 2 is 1.65 bits per heavy atom. The van der Waals surface area contributed by atoms with E-state index in [-0.39, 0.29) is 19.1 Å². The Hall–Kier alpha value is -2.47. The van der Waals surface area contributed by atoms with Crippen LogP contribution in [0.1, 0.15) is 24.0 Å². The number of hydrogen-bond donors (Lipinski definition) is 1. The number of nitrogens with two attached hydrogens (primary N) is 1. The summed E-state index contributed by atoms with van der Waals surface area (Å²) in [6.45, 7) is 1.14. The normalized spacial score (nSPS) is 14.0. The second kappa shape index (κ2) is 7.83. The zero-order chi connectivity index (χ0) is 18.7. The van der Waals surface area contributed by atoms with Crippen molar-refractivity contribution in [3.63, 3.8) is 0 Å². The summed E-state index contributed by atoms with van der Waals surface area (Å²) in [7, 11) is 0. The molecule has 0 fully saturated rings. The molecule has 0 saturated heterocycles. The van der Waals surface area contributed by atoms with Gasteiger partial charge < -0.3 is 10.5 Å². The Bertz CT molecular complexity index is 736. The maximum atomic E-state index is 12.8. The SMILES string of the molecule is CC(CN)N(CC(F)F)C(=O)OCC1c2ccccc2-c2ccccc21. The highest BCUT2D eigenvalue weighted by Crippen LogP contribution is 2.44. The number of carbonyl (C=O) groups excluding carboxylic acids is 1. The van der Waals surface area contributed by atoms with Gasteiger partial charge in [-0.25, -0.2) is 13.6 Å². The van der Waals surface area contributed by atoms with E-state index in [1.165, 1.54) is 0 Å². The molecule has 0 spiro atoms. The van der Waals surface area contributed by atoms with Crippen molar-refractivity contribution in [1.82, 2.24) is 4.90 Å². The molecule has 0 aromatic heterocycles. The van der Waals surface area contributed by atoms with Crippen molar-refractivity contribution >= 4 is 6.09 Å². The molecule has 26 heavy (non-hydrogen) atoms. The van der Waals surface area contributed by atoms with Crippen molar-refractivity contribution in [2.75, 3.05) is 19.7 Å². The summed E-state index contributed by atoms with van der Waals surface area (Å²) < 4.78 is 31.0. The number of carbonyl (C=O) groups is 1. The molecule has 1 aliphatic carbocycles. The Balaban J connectivity index is 1.78. The lowest BCUT2D eigenvalue weighted by atomic mass is 9.98. The number of ether oxygens (including phenoxy) is 1. The zero-order valence-electron chi connectivity index (χ0n) is 14.6. The van der Waals surface area contributed by atoms with E-state index >= 15 is 0 Å². The topological polar surface area (TPSA) is 55.6 Å². The van der Waals surface area contributed by atoms with Gasteiger partial charge in [0.2, 0.25) is 0 Å². The molecule has 1 aliphatic rings. The summed E-state index contributed by atoms with van der Waals surface area (Å²) in [6.07, 6.45) is -3.39. The lowest BCUT2D eigenvalue weighted by Crippen LogP contribution is -2.45. The second-order valence-electron chi connectivity index (χ2n) is 6.43. The molecule has 0 aliphatic heterocycles. The molecule has 0 heterocycles. The highest BCUT2D eigenvalue weighted by atomic mass is 19.3. The van der Waals surface area contributed by atoms with Crippen LogP contribution in [0.3, 0.4) is 0 Å². The van der Waals surface area contributed by atoms with Crippen molar-refractivity contribution in [3.8, 4) is 11.1 Å². The van der Waals surface area contributed by atoms with Crippen LogP contribution in [-0.4, -0.2) is 43.2 Å². The smallest absolute Gasteiger partial charge is 0.410 e. The molecule has 2 aromatic rings. The average Bonchev–Trinajstić information content (AvgIpc) is 2.97. The fraction of sp³-hybridized carbons (Fsp3) is 0.350. The maximum absolute atomic E-state index is 12.8. The molecule has 2 aromatic carbocycles. The first kappa shape index (κ1) is 18.3. The molecule has 4 nitrogen and oxygen atoms in total. The van der Waals surface area contributed by atoms with Gasteiger partial charge in [0.25, 0.3) is 6.43 Å². The standard InChI is InChI=1S/C20H22F2N2O2/c1-13(10-23)24(11-19(21)22)20(25)26-12-18-16-8-4-2-6-14(16)15-7-3-5-9-17(15)18/h2-9,13,18-19H,10-12,23H2,1H3. The van der Waals surface area contributed by atoms with Crippen LogP contribution in [0.4, 0.5) is 13.6 Å². The van der Waals surface area contributed by atoms with Crippen molar-refractivity contribution in [2.24, 2.45) is 5.73 Å². The molecule has 0 saturated carbocycles. The van der Waals surface area contributed by atoms with Crippen LogP contribution in [0.5, 0.6) is 0 Å². The fourth-order valence-electron chi connectivity index (χ4n) is 3.39. The van der Waals surface area contributed by atoms with Gasteiger partial charge in [0, 0.05) is 18.5 Å². The number of halogens is 2. The van der Waals surface area contributed by atoms with Crippen LogP contribution in [-0.2, 0) is 4.74 Å². The van der Waals surface area contributed by atoms with Gasteiger partial charge >= 0.3 is 6.09 Å². The monoisotopic (exact) mass is 360 g/mol. The molecule has 2 N–H and O–H groups in total. The summed E-state index contributed by atoms with van der Waals surface area (Å²) >= 11 is 0. The first-order chi connectivity index (χ1) is 12.5. The van der Waals surface area contributed by atoms with Crippen LogP contribution in [0.25, 0.3) is 11.1 Å². The van der Waals surface area contributed by atoms with Crippen LogP contribution >= 0.6 is 0 Å². The summed E-state index contributed by atoms with van der Waals surface area (Å²) in [6, 6.07) is 15.4. The Morgan fingerprint density at radius 3 is 2.15 bits per heavy atom. The van der Waals surface area contributed by atoms with Gasteiger partial charge in [0.05, 0.1) is 6.54 Å². The van der Waals surface area contributed by atoms with E-state index < -0.39 is 25.1 Å². The Labute approximate surface area is 151 Å². The lowest BCUT2D eigenvalue weighted by Gasteiger charge is -2.28. The third-order valence-corrected chi connectivity index (χ3v) is 4.78. The number of benzene rings is 2. The predicted octanol–water partition coefficient (Wildman–Crippen LogP) is 3.85. The second-order valence-corrected chi connectivity index (χ2v) is 6.43. The van der Waals surface area contributed by atoms with Gasteiger partial charge in [0.15, 0.2) is 0 Å². The number of alkyl halides is 2. The van der Waals surface area contributed by atoms with E-state index in [9.17, 15) is 13.6 Å². The quantitative estimate of drug-likeness (QED) is 0.851. The molecular weight excluding hydrogens is 338 g/mol. The van der Waals surface area contributed by atoms with Gasteiger partial charge in [-0.1, -0.05) is 48.5 Å². The Morgan fingerprint density at radius 1 is 1.12 bits per heavy atom. The summed E-state index contributed by atoms with van der Waals surface area (Å²) in [5.41, 5.74) is 9.92. The predicted molar refractivity (Wildman–Crippen MR) is 96.3 cm³/mol. The van der Waals surface area contributed by atoms with Crippen LogP contribution in [0.15, 0.2) is 48.5 Å². The Kier molecular flexibility index (Phi) is 5.52. The third kappa shape index (κ3) is 3.55. The molecular formula is C20H22F2N2O2. The molecule has 0 bridgehead atoms. The van der Waals surface area contributed by atoms with Crippen molar-refractivity contribution < 1.29 is 18.3 Å². The van der Waals surface area contributed by atoms with Gasteiger partial charge in [-0.2, -0.15) is 0 Å². The van der Waals surface area contributed by atoms with Crippen molar-refractivity contribution in [3.05, 3.63) is 59.7 Å². The fourth-order valence-corrected chi connectivity index (χ4v) is 3.39. The minimum absolute atomic E-state index is 0.0942. The molecule has 6 heteroatoms. The molecule has 138 valence electrons. The summed E-state index contributed by atoms with van der Waals surface area (Å²) in [5.74, 6) is -0.104. The van der Waals surface area contributed by atoms with Gasteiger partial charge in [-0.05, 0) is 29.2 Å². The minimum Gasteiger partial charge on any atom is -0.448 e. The largest absolute Gasteiger partial charge is 0.448 e. The van der Waals surface area contributed by atoms with E-state index in [0.717, 1.165) is 27.2 Å². The number of fused-ring (bicyclic) bond motifs is 3. The summed E-state index contributed by atoms with van der Waals surface area (Å²) in [5, 5.41) is 0. The number of rotatable bonds is 6. The minimum atomic E-state index is -2.63. The van der Waals surface area contributed by atoms with E-state index in [4.69, 9.17) is 10.5 Å². The lowest BCUT2D eigenvalue weighted by molar-refractivity contribution is 0.0469. The van der Waals surface area contributed by atoms with E-state index in [2.05, 4.69) is 0 Å². The van der Waals surface area contributed by atoms with E-state index in [0.29, 0.717) is 0 Å². The molecule has 3 rings (SSSR count). The van der Waals surface area contributed by atoms with Gasteiger partial charge in [-0.3, -0.25) is 4.90 Å². The van der Waals surface area contributed by atoms with Crippen LogP contribution < -0.4 is 5.73 Å². The first-order valence-corrected chi connectivity index (χ1v) is 8.62. The average molecular weight is 360 g/mol. The number of hydrogen-bond acceptors (Lipinski definition) is 3. The highest BCUT2D eigenvalue weighted by Gasteiger charge is 2.30. The number of nitrogens with zero attached hydrogens (tertiary/aromatic N) is 1. The van der Waals surface area contributed by atoms with E-state index in [1.807, 2.05) is 48.5 Å². The van der Waals surface area contributed by atoms with Crippen molar-refractivity contribution in [1.29, 1.82) is 0 Å². The van der Waals surface area contributed by atoms with Gasteiger partial charge in [-0.15, -0.1) is 0 Å². The van der Waals surface area contributed by atoms with Crippen LogP contribution in [0.2, 0.25) is 0 Å². The highest BCUT2D eigenvalue weighted by molar-refractivity contribution is 5.79. The molecule has 1 atom stereocenters. The zero-order valence-corrected chi connectivity index (χ0v) is 14.6. The third-order valence-electron chi connectivity index (χ3n) is 4.78. The maximum Gasteiger partial charge on any atom is 0.410 e. The van der Waals surface area contributed by atoms with Crippen LogP contribution in [0, 0.1) is 0 Å². The first-order valence-electron chi connectivity index (χ1n) is 8.62. The molecule has 1 amide bonds. The summed E-state index contributed by atoms with van der Waals surface area (Å²) in [4.78, 5) is 13.4. The molecule has 1 unspecified atom stereocenters. The van der Waals surface area contributed by atoms with Gasteiger partial charge in [0.1, 0.15) is 6.61 Å².